The van der Waals surface area contributed by atoms with Gasteiger partial charge in [0, 0.05) is 12.0 Å². The molecule has 2 amide bonds. The fourth-order valence-corrected chi connectivity index (χ4v) is 4.20. The monoisotopic (exact) mass is 525 g/mol. The first-order valence-corrected chi connectivity index (χ1v) is 12.8. The number of imide groups is 1. The van der Waals surface area contributed by atoms with Crippen molar-refractivity contribution in [2.45, 2.75) is 71.7 Å². The smallest absolute Gasteiger partial charge is 0.417 e. The van der Waals surface area contributed by atoms with Gasteiger partial charge in [0.1, 0.15) is 12.6 Å². The van der Waals surface area contributed by atoms with Crippen molar-refractivity contribution in [3.8, 4) is 0 Å². The van der Waals surface area contributed by atoms with Gasteiger partial charge in [-0.15, -0.1) is 0 Å². The zero-order chi connectivity index (χ0) is 28.4. The van der Waals surface area contributed by atoms with E-state index < -0.39 is 36.1 Å². The van der Waals surface area contributed by atoms with Crippen LogP contribution in [0.2, 0.25) is 0 Å². The van der Waals surface area contributed by atoms with Crippen LogP contribution in [0.15, 0.2) is 54.6 Å². The summed E-state index contributed by atoms with van der Waals surface area (Å²) in [4.78, 5) is 52.7. The molecule has 2 rings (SSSR count). The molecular formula is C29H39N3O6. The van der Waals surface area contributed by atoms with E-state index in [9.17, 15) is 24.3 Å². The summed E-state index contributed by atoms with van der Waals surface area (Å²) in [7, 11) is 0. The molecule has 9 heteroatoms. The molecule has 2 aromatic carbocycles. The van der Waals surface area contributed by atoms with Crippen molar-refractivity contribution in [2.24, 2.45) is 23.3 Å². The van der Waals surface area contributed by atoms with Crippen LogP contribution in [0.4, 0.5) is 4.79 Å². The third kappa shape index (κ3) is 8.78. The van der Waals surface area contributed by atoms with Gasteiger partial charge in [0.05, 0.1) is 12.1 Å². The average Bonchev–Trinajstić information content (AvgIpc) is 2.86. The van der Waals surface area contributed by atoms with Gasteiger partial charge in [-0.1, -0.05) is 82.3 Å². The summed E-state index contributed by atoms with van der Waals surface area (Å²) in [6.07, 6.45) is -0.736. The minimum absolute atomic E-state index is 0.0280. The number of hydrogen-bond donors (Lipinski definition) is 3. The maximum absolute atomic E-state index is 13.4. The number of amides is 2. The molecule has 0 saturated carbocycles. The summed E-state index contributed by atoms with van der Waals surface area (Å²) in [6.45, 7) is 7.47. The molecule has 0 heterocycles. The van der Waals surface area contributed by atoms with Gasteiger partial charge < -0.3 is 21.3 Å². The van der Waals surface area contributed by atoms with Crippen molar-refractivity contribution in [2.75, 3.05) is 0 Å². The van der Waals surface area contributed by atoms with Gasteiger partial charge >= 0.3 is 12.1 Å². The lowest BCUT2D eigenvalue weighted by molar-refractivity contribution is -0.149. The van der Waals surface area contributed by atoms with Crippen LogP contribution in [0.3, 0.4) is 0 Å². The molecular weight excluding hydrogens is 486 g/mol. The number of Topliss-reactive ketones (excluding diaryl/α,β-unsaturated/α-hetero) is 1. The molecule has 0 spiro atoms. The molecule has 0 aliphatic carbocycles. The highest BCUT2D eigenvalue weighted by Crippen LogP contribution is 2.20. The molecule has 38 heavy (non-hydrogen) atoms. The van der Waals surface area contributed by atoms with E-state index in [4.69, 9.17) is 16.2 Å². The van der Waals surface area contributed by atoms with E-state index in [0.29, 0.717) is 22.4 Å². The number of nitrogens with zero attached hydrogens (tertiary/aromatic N) is 1. The summed E-state index contributed by atoms with van der Waals surface area (Å²) in [5.74, 6) is -2.41. The minimum atomic E-state index is -1.65. The van der Waals surface area contributed by atoms with Crippen LogP contribution in [0.25, 0.3) is 0 Å². The molecule has 5 N–H and O–H groups in total. The van der Waals surface area contributed by atoms with Crippen molar-refractivity contribution in [1.29, 1.82) is 0 Å². The number of rotatable bonds is 13. The number of carbonyl (C=O) groups is 4. The molecule has 0 aromatic heterocycles. The summed E-state index contributed by atoms with van der Waals surface area (Å²) in [6, 6.07) is 11.8. The van der Waals surface area contributed by atoms with Crippen LogP contribution in [0.1, 0.15) is 62.0 Å². The van der Waals surface area contributed by atoms with Crippen molar-refractivity contribution in [1.82, 2.24) is 4.90 Å². The van der Waals surface area contributed by atoms with Crippen LogP contribution < -0.4 is 11.5 Å². The molecule has 9 nitrogen and oxygen atoms in total. The van der Waals surface area contributed by atoms with E-state index in [1.54, 1.807) is 54.6 Å². The predicted molar refractivity (Wildman–Crippen MR) is 144 cm³/mol. The summed E-state index contributed by atoms with van der Waals surface area (Å²) in [5, 5.41) is 10.2. The predicted octanol–water partition coefficient (Wildman–Crippen LogP) is 3.78. The lowest BCUT2D eigenvalue weighted by atomic mass is 9.91. The number of hydrogen-bond acceptors (Lipinski definition) is 7. The standard InChI is InChI=1S/C29H39N3O6/c1-18(2)14-23(30)26(33)22-13-9-8-12-21(22)16-25(28(35)36)32(27(34)24(31)15-19(3)4)29(37)38-17-20-10-6-5-7-11-20/h5-13,18-19,23-25H,14-17,30-31H2,1-4H3,(H,35,36). The Morgan fingerprint density at radius 2 is 1.39 bits per heavy atom. The van der Waals surface area contributed by atoms with Gasteiger partial charge in [-0.05, 0) is 35.8 Å². The minimum Gasteiger partial charge on any atom is -0.480 e. The van der Waals surface area contributed by atoms with Gasteiger partial charge in [-0.2, -0.15) is 0 Å². The topological polar surface area (TPSA) is 153 Å². The van der Waals surface area contributed by atoms with Gasteiger partial charge in [-0.3, -0.25) is 9.59 Å². The molecule has 0 saturated heterocycles. The largest absolute Gasteiger partial charge is 0.480 e. The third-order valence-electron chi connectivity index (χ3n) is 6.04. The highest BCUT2D eigenvalue weighted by molar-refractivity contribution is 6.02. The zero-order valence-electron chi connectivity index (χ0n) is 22.5. The molecule has 0 aliphatic heterocycles. The van der Waals surface area contributed by atoms with Gasteiger partial charge in [0.25, 0.3) is 0 Å². The maximum atomic E-state index is 13.4. The van der Waals surface area contributed by atoms with E-state index >= 15 is 0 Å². The number of carbonyl (C=O) groups excluding carboxylic acids is 3. The van der Waals surface area contributed by atoms with E-state index in [2.05, 4.69) is 0 Å². The Labute approximate surface area is 224 Å². The zero-order valence-corrected chi connectivity index (χ0v) is 22.5. The quantitative estimate of drug-likeness (QED) is 0.334. The van der Waals surface area contributed by atoms with Gasteiger partial charge in [0.15, 0.2) is 5.78 Å². The molecule has 3 unspecified atom stereocenters. The van der Waals surface area contributed by atoms with E-state index in [0.717, 1.165) is 0 Å². The first kappa shape index (κ1) is 30.7. The Balaban J connectivity index is 2.42. The summed E-state index contributed by atoms with van der Waals surface area (Å²) in [5.41, 5.74) is 13.5. The molecule has 206 valence electrons. The first-order valence-electron chi connectivity index (χ1n) is 12.8. The Bertz CT molecular complexity index is 1100. The number of aliphatic carboxylic acids is 1. The van der Waals surface area contributed by atoms with Crippen LogP contribution in [-0.2, 0) is 27.4 Å². The fourth-order valence-electron chi connectivity index (χ4n) is 4.20. The molecule has 3 atom stereocenters. The lowest BCUT2D eigenvalue weighted by Gasteiger charge is -2.29. The highest BCUT2D eigenvalue weighted by Gasteiger charge is 2.39. The van der Waals surface area contributed by atoms with Crippen LogP contribution >= 0.6 is 0 Å². The fraction of sp³-hybridized carbons (Fsp3) is 0.448. The molecule has 0 aliphatic rings. The van der Waals surface area contributed by atoms with Crippen molar-refractivity contribution >= 4 is 23.8 Å². The van der Waals surface area contributed by atoms with Gasteiger partial charge in [0.2, 0.25) is 5.91 Å². The molecule has 0 bridgehead atoms. The van der Waals surface area contributed by atoms with E-state index in [-0.39, 0.29) is 42.6 Å². The second kappa shape index (κ2) is 14.4. The SMILES string of the molecule is CC(C)CC(N)C(=O)c1ccccc1CC(C(=O)O)N(C(=O)OCc1ccccc1)C(=O)C(N)CC(C)C. The normalized spacial score (nSPS) is 13.6. The van der Waals surface area contributed by atoms with E-state index in [1.165, 1.54) is 0 Å². The van der Waals surface area contributed by atoms with Crippen molar-refractivity contribution < 1.29 is 29.0 Å². The van der Waals surface area contributed by atoms with Crippen LogP contribution in [0.5, 0.6) is 0 Å². The van der Waals surface area contributed by atoms with Gasteiger partial charge in [-0.25, -0.2) is 14.5 Å². The first-order chi connectivity index (χ1) is 17.9. The summed E-state index contributed by atoms with van der Waals surface area (Å²) >= 11 is 0. The maximum Gasteiger partial charge on any atom is 0.417 e. The van der Waals surface area contributed by atoms with E-state index in [1.807, 2.05) is 27.7 Å². The van der Waals surface area contributed by atoms with Crippen molar-refractivity contribution in [3.63, 3.8) is 0 Å². The second-order valence-corrected chi connectivity index (χ2v) is 10.3. The molecule has 0 radical (unpaired) electrons. The van der Waals surface area contributed by atoms with Crippen LogP contribution in [-0.4, -0.2) is 51.9 Å². The summed E-state index contributed by atoms with van der Waals surface area (Å²) < 4.78 is 5.36. The Morgan fingerprint density at radius 3 is 1.97 bits per heavy atom. The number of carboxylic acid groups (broad SMARTS) is 1. The lowest BCUT2D eigenvalue weighted by Crippen LogP contribution is -2.55. The molecule has 0 fully saturated rings. The highest BCUT2D eigenvalue weighted by atomic mass is 16.6. The number of ketones is 1. The number of nitrogens with two attached hydrogens (primary N) is 2. The van der Waals surface area contributed by atoms with Crippen molar-refractivity contribution in [3.05, 3.63) is 71.3 Å². The average molecular weight is 526 g/mol. The Kier molecular flexibility index (Phi) is 11.6. The third-order valence-corrected chi connectivity index (χ3v) is 6.04. The van der Waals surface area contributed by atoms with Crippen LogP contribution in [0, 0.1) is 11.8 Å². The number of benzene rings is 2. The Hall–Kier alpha value is -3.56. The molecule has 2 aromatic rings. The Morgan fingerprint density at radius 1 is 0.842 bits per heavy atom. The second-order valence-electron chi connectivity index (χ2n) is 10.3. The number of ether oxygens (including phenoxy) is 1. The number of carboxylic acids is 1.